The van der Waals surface area contributed by atoms with Crippen LogP contribution in [0.15, 0.2) is 30.5 Å². The van der Waals surface area contributed by atoms with Gasteiger partial charge < -0.3 is 0 Å². The highest BCUT2D eigenvalue weighted by molar-refractivity contribution is 6.28. The van der Waals surface area contributed by atoms with Gasteiger partial charge in [-0.25, -0.2) is 9.37 Å². The molecule has 3 rings (SSSR count). The molecule has 0 N–H and O–H groups in total. The first-order chi connectivity index (χ1) is 8.25. The fourth-order valence-electron chi connectivity index (χ4n) is 1.51. The lowest BCUT2D eigenvalue weighted by atomic mass is 10.3. The van der Waals surface area contributed by atoms with Crippen molar-refractivity contribution in [1.82, 2.24) is 25.0 Å². The van der Waals surface area contributed by atoms with Gasteiger partial charge in [-0.05, 0) is 23.7 Å². The third-order valence-corrected chi connectivity index (χ3v) is 2.43. The van der Waals surface area contributed by atoms with Gasteiger partial charge in [-0.1, -0.05) is 17.3 Å². The molecule has 2 aromatic heterocycles. The standard InChI is InChI=1S/C10H5ClFN5/c11-10-13-5-6(12)9(14-10)17-8-4-2-1-3-7(8)15-16-17/h1-5H. The van der Waals surface area contributed by atoms with Gasteiger partial charge in [0.15, 0.2) is 11.6 Å². The molecule has 3 aromatic rings. The van der Waals surface area contributed by atoms with Crippen molar-refractivity contribution < 1.29 is 4.39 Å². The summed E-state index contributed by atoms with van der Waals surface area (Å²) < 4.78 is 14.9. The molecule has 1 aromatic carbocycles. The lowest BCUT2D eigenvalue weighted by Crippen LogP contribution is -2.04. The average Bonchev–Trinajstić information content (AvgIpc) is 2.76. The molecule has 0 saturated heterocycles. The largest absolute Gasteiger partial charge is 0.224 e. The third kappa shape index (κ3) is 1.62. The van der Waals surface area contributed by atoms with Crippen LogP contribution in [-0.2, 0) is 0 Å². The zero-order valence-electron chi connectivity index (χ0n) is 8.38. The Balaban J connectivity index is 2.31. The van der Waals surface area contributed by atoms with Gasteiger partial charge in [0, 0.05) is 0 Å². The molecular formula is C10H5ClFN5. The molecule has 17 heavy (non-hydrogen) atoms. The Kier molecular flexibility index (Phi) is 2.22. The van der Waals surface area contributed by atoms with Crippen molar-refractivity contribution in [3.05, 3.63) is 41.6 Å². The van der Waals surface area contributed by atoms with Crippen LogP contribution in [0, 0.1) is 5.82 Å². The Labute approximate surface area is 99.9 Å². The predicted molar refractivity (Wildman–Crippen MR) is 59.4 cm³/mol. The Morgan fingerprint density at radius 3 is 2.94 bits per heavy atom. The van der Waals surface area contributed by atoms with Crippen LogP contribution in [0.2, 0.25) is 5.28 Å². The molecule has 0 radical (unpaired) electrons. The number of hydrogen-bond acceptors (Lipinski definition) is 4. The van der Waals surface area contributed by atoms with Gasteiger partial charge in [0.1, 0.15) is 5.52 Å². The first-order valence-electron chi connectivity index (χ1n) is 4.74. The van der Waals surface area contributed by atoms with Crippen molar-refractivity contribution in [1.29, 1.82) is 0 Å². The predicted octanol–water partition coefficient (Wildman–Crippen LogP) is 2.00. The van der Waals surface area contributed by atoms with E-state index in [0.717, 1.165) is 6.20 Å². The van der Waals surface area contributed by atoms with Gasteiger partial charge in [0.25, 0.3) is 0 Å². The van der Waals surface area contributed by atoms with Gasteiger partial charge in [0.2, 0.25) is 5.28 Å². The van der Waals surface area contributed by atoms with Crippen LogP contribution in [0.4, 0.5) is 4.39 Å². The number of benzene rings is 1. The van der Waals surface area contributed by atoms with Crippen LogP contribution in [0.5, 0.6) is 0 Å². The molecule has 84 valence electrons. The zero-order valence-corrected chi connectivity index (χ0v) is 9.13. The summed E-state index contributed by atoms with van der Waals surface area (Å²) in [5.41, 5.74) is 1.31. The highest BCUT2D eigenvalue weighted by Crippen LogP contribution is 2.17. The number of nitrogens with zero attached hydrogens (tertiary/aromatic N) is 5. The Bertz CT molecular complexity index is 696. The lowest BCUT2D eigenvalue weighted by molar-refractivity contribution is 0.591. The van der Waals surface area contributed by atoms with Crippen LogP contribution >= 0.6 is 11.6 Å². The maximum Gasteiger partial charge on any atom is 0.224 e. The van der Waals surface area contributed by atoms with Crippen LogP contribution in [0.3, 0.4) is 0 Å². The maximum absolute atomic E-state index is 13.6. The van der Waals surface area contributed by atoms with Gasteiger partial charge in [-0.15, -0.1) is 5.10 Å². The van der Waals surface area contributed by atoms with E-state index in [4.69, 9.17) is 11.6 Å². The molecule has 0 aliphatic carbocycles. The number of para-hydroxylation sites is 1. The summed E-state index contributed by atoms with van der Waals surface area (Å²) in [7, 11) is 0. The summed E-state index contributed by atoms with van der Waals surface area (Å²) in [4.78, 5) is 7.35. The van der Waals surface area contributed by atoms with Crippen molar-refractivity contribution in [2.24, 2.45) is 0 Å². The fourth-order valence-corrected chi connectivity index (χ4v) is 1.64. The number of hydrogen-bond donors (Lipinski definition) is 0. The van der Waals surface area contributed by atoms with Crippen molar-refractivity contribution in [2.75, 3.05) is 0 Å². The fraction of sp³-hybridized carbons (Fsp3) is 0. The van der Waals surface area contributed by atoms with Crippen molar-refractivity contribution in [3.63, 3.8) is 0 Å². The SMILES string of the molecule is Fc1cnc(Cl)nc1-n1nnc2ccccc21. The molecule has 0 aliphatic heterocycles. The highest BCUT2D eigenvalue weighted by Gasteiger charge is 2.12. The average molecular weight is 250 g/mol. The summed E-state index contributed by atoms with van der Waals surface area (Å²) >= 11 is 5.63. The van der Waals surface area contributed by atoms with Gasteiger partial charge in [-0.3, -0.25) is 0 Å². The summed E-state index contributed by atoms with van der Waals surface area (Å²) in [6.45, 7) is 0. The van der Waals surface area contributed by atoms with Crippen LogP contribution in [0.1, 0.15) is 0 Å². The lowest BCUT2D eigenvalue weighted by Gasteiger charge is -2.02. The summed E-state index contributed by atoms with van der Waals surface area (Å²) in [6.07, 6.45) is 1.00. The van der Waals surface area contributed by atoms with E-state index in [1.54, 1.807) is 12.1 Å². The van der Waals surface area contributed by atoms with Gasteiger partial charge in [0.05, 0.1) is 11.7 Å². The minimum absolute atomic E-state index is 0.0151. The first kappa shape index (κ1) is 10.1. The molecule has 0 unspecified atom stereocenters. The minimum atomic E-state index is -0.606. The molecule has 5 nitrogen and oxygen atoms in total. The van der Waals surface area contributed by atoms with Crippen molar-refractivity contribution in [3.8, 4) is 5.82 Å². The number of halogens is 2. The molecule has 0 spiro atoms. The summed E-state index contributed by atoms with van der Waals surface area (Å²) in [6, 6.07) is 7.18. The third-order valence-electron chi connectivity index (χ3n) is 2.25. The quantitative estimate of drug-likeness (QED) is 0.619. The van der Waals surface area contributed by atoms with E-state index in [9.17, 15) is 4.39 Å². The normalized spacial score (nSPS) is 10.9. The van der Waals surface area contributed by atoms with Gasteiger partial charge >= 0.3 is 0 Å². The van der Waals surface area contributed by atoms with Crippen molar-refractivity contribution >= 4 is 22.6 Å². The van der Waals surface area contributed by atoms with E-state index in [1.165, 1.54) is 4.68 Å². The summed E-state index contributed by atoms with van der Waals surface area (Å²) in [5.74, 6) is -0.622. The Hall–Kier alpha value is -2.08. The number of fused-ring (bicyclic) bond motifs is 1. The second-order valence-electron chi connectivity index (χ2n) is 3.30. The van der Waals surface area contributed by atoms with Crippen molar-refractivity contribution in [2.45, 2.75) is 0 Å². The topological polar surface area (TPSA) is 56.5 Å². The molecule has 0 fully saturated rings. The van der Waals surface area contributed by atoms with E-state index in [-0.39, 0.29) is 11.1 Å². The van der Waals surface area contributed by atoms with Gasteiger partial charge in [-0.2, -0.15) is 9.67 Å². The smallest absolute Gasteiger partial charge is 0.223 e. The Morgan fingerprint density at radius 2 is 2.06 bits per heavy atom. The molecule has 0 amide bonds. The molecule has 0 atom stereocenters. The van der Waals surface area contributed by atoms with E-state index < -0.39 is 5.82 Å². The maximum atomic E-state index is 13.6. The molecule has 0 aliphatic rings. The highest BCUT2D eigenvalue weighted by atomic mass is 35.5. The number of aromatic nitrogens is 5. The number of rotatable bonds is 1. The molecule has 7 heteroatoms. The summed E-state index contributed by atoms with van der Waals surface area (Å²) in [5, 5.41) is 7.71. The second-order valence-corrected chi connectivity index (χ2v) is 3.64. The zero-order chi connectivity index (χ0) is 11.8. The van der Waals surface area contributed by atoms with Crippen LogP contribution in [-0.4, -0.2) is 25.0 Å². The molecule has 0 bridgehead atoms. The molecule has 2 heterocycles. The van der Waals surface area contributed by atoms with E-state index in [1.807, 2.05) is 12.1 Å². The molecule has 0 saturated carbocycles. The Morgan fingerprint density at radius 1 is 1.24 bits per heavy atom. The van der Waals surface area contributed by atoms with E-state index in [0.29, 0.717) is 11.0 Å². The second kappa shape index (κ2) is 3.74. The molecular weight excluding hydrogens is 245 g/mol. The minimum Gasteiger partial charge on any atom is -0.223 e. The van der Waals surface area contributed by atoms with E-state index >= 15 is 0 Å². The van der Waals surface area contributed by atoms with E-state index in [2.05, 4.69) is 20.3 Å². The van der Waals surface area contributed by atoms with Crippen LogP contribution in [0.25, 0.3) is 16.9 Å². The van der Waals surface area contributed by atoms with Crippen LogP contribution < -0.4 is 0 Å². The first-order valence-corrected chi connectivity index (χ1v) is 5.12. The monoisotopic (exact) mass is 249 g/mol.